The molecule has 0 bridgehead atoms. The lowest BCUT2D eigenvalue weighted by Crippen LogP contribution is -2.56. The molecular weight excluding hydrogens is 188 g/mol. The van der Waals surface area contributed by atoms with Crippen molar-refractivity contribution in [3.63, 3.8) is 0 Å². The molecule has 2 saturated heterocycles. The number of aliphatic hydroxyl groups is 1. The van der Waals surface area contributed by atoms with Crippen molar-refractivity contribution in [3.05, 3.63) is 0 Å². The van der Waals surface area contributed by atoms with Crippen LogP contribution in [0.3, 0.4) is 0 Å². The van der Waals surface area contributed by atoms with E-state index in [1.807, 2.05) is 0 Å². The van der Waals surface area contributed by atoms with Crippen molar-refractivity contribution in [1.29, 1.82) is 0 Å². The normalized spacial score (nSPS) is 29.2. The molecule has 0 aromatic carbocycles. The molecule has 88 valence electrons. The van der Waals surface area contributed by atoms with Gasteiger partial charge in [0.05, 0.1) is 6.10 Å². The van der Waals surface area contributed by atoms with E-state index >= 15 is 0 Å². The monoisotopic (exact) mass is 212 g/mol. The highest BCUT2D eigenvalue weighted by atomic mass is 16.3. The van der Waals surface area contributed by atoms with Crippen LogP contribution in [0.1, 0.15) is 39.0 Å². The van der Waals surface area contributed by atoms with Gasteiger partial charge in [-0.1, -0.05) is 6.92 Å². The fourth-order valence-electron chi connectivity index (χ4n) is 3.13. The molecule has 3 heteroatoms. The van der Waals surface area contributed by atoms with Crippen molar-refractivity contribution in [2.24, 2.45) is 0 Å². The number of hydrogen-bond acceptors (Lipinski definition) is 3. The summed E-state index contributed by atoms with van der Waals surface area (Å²) in [4.78, 5) is 2.64. The smallest absolute Gasteiger partial charge is 0.0564 e. The van der Waals surface area contributed by atoms with Gasteiger partial charge in [-0.2, -0.15) is 0 Å². The minimum absolute atomic E-state index is 0.0446. The Labute approximate surface area is 92.8 Å². The second kappa shape index (κ2) is 4.81. The molecule has 0 amide bonds. The zero-order valence-corrected chi connectivity index (χ0v) is 9.84. The van der Waals surface area contributed by atoms with Gasteiger partial charge in [0.2, 0.25) is 0 Å². The van der Waals surface area contributed by atoms with Crippen LogP contribution in [0.2, 0.25) is 0 Å². The van der Waals surface area contributed by atoms with Crippen LogP contribution in [-0.4, -0.2) is 47.8 Å². The van der Waals surface area contributed by atoms with E-state index in [-0.39, 0.29) is 6.10 Å². The number of rotatable bonds is 2. The quantitative estimate of drug-likeness (QED) is 0.716. The molecule has 15 heavy (non-hydrogen) atoms. The first-order valence-electron chi connectivity index (χ1n) is 6.41. The summed E-state index contributed by atoms with van der Waals surface area (Å²) in [5, 5.41) is 13.0. The Morgan fingerprint density at radius 2 is 1.87 bits per heavy atom. The van der Waals surface area contributed by atoms with Crippen LogP contribution >= 0.6 is 0 Å². The Morgan fingerprint density at radius 1 is 1.27 bits per heavy atom. The van der Waals surface area contributed by atoms with Gasteiger partial charge in [0.1, 0.15) is 0 Å². The van der Waals surface area contributed by atoms with Crippen molar-refractivity contribution in [2.75, 3.05) is 26.2 Å². The summed E-state index contributed by atoms with van der Waals surface area (Å²) >= 11 is 0. The maximum absolute atomic E-state index is 9.54. The minimum Gasteiger partial charge on any atom is -0.393 e. The summed E-state index contributed by atoms with van der Waals surface area (Å²) in [6.45, 7) is 6.82. The lowest BCUT2D eigenvalue weighted by Gasteiger charge is -2.48. The molecule has 0 spiro atoms. The van der Waals surface area contributed by atoms with Crippen molar-refractivity contribution >= 4 is 0 Å². The summed E-state index contributed by atoms with van der Waals surface area (Å²) in [5.74, 6) is 0. The van der Waals surface area contributed by atoms with E-state index < -0.39 is 0 Å². The Bertz CT molecular complexity index is 194. The molecule has 2 aliphatic heterocycles. The van der Waals surface area contributed by atoms with E-state index in [0.717, 1.165) is 39.0 Å². The first-order chi connectivity index (χ1) is 7.27. The van der Waals surface area contributed by atoms with E-state index in [2.05, 4.69) is 17.1 Å². The third-order valence-corrected chi connectivity index (χ3v) is 4.33. The molecule has 0 unspecified atom stereocenters. The van der Waals surface area contributed by atoms with Gasteiger partial charge in [-0.05, 0) is 45.2 Å². The van der Waals surface area contributed by atoms with Crippen LogP contribution in [0.25, 0.3) is 0 Å². The molecule has 0 atom stereocenters. The Morgan fingerprint density at radius 3 is 2.40 bits per heavy atom. The molecule has 2 fully saturated rings. The number of nitrogens with one attached hydrogen (secondary N) is 1. The van der Waals surface area contributed by atoms with E-state index in [0.29, 0.717) is 5.54 Å². The lowest BCUT2D eigenvalue weighted by molar-refractivity contribution is -0.00329. The van der Waals surface area contributed by atoms with Crippen molar-refractivity contribution < 1.29 is 5.11 Å². The largest absolute Gasteiger partial charge is 0.393 e. The number of piperidine rings is 2. The van der Waals surface area contributed by atoms with Crippen LogP contribution < -0.4 is 5.32 Å². The maximum Gasteiger partial charge on any atom is 0.0564 e. The second-order valence-electron chi connectivity index (χ2n) is 5.05. The summed E-state index contributed by atoms with van der Waals surface area (Å²) in [6.07, 6.45) is 5.70. The van der Waals surface area contributed by atoms with Gasteiger partial charge in [-0.25, -0.2) is 0 Å². The van der Waals surface area contributed by atoms with Crippen LogP contribution in [-0.2, 0) is 0 Å². The van der Waals surface area contributed by atoms with E-state index in [4.69, 9.17) is 0 Å². The molecule has 3 nitrogen and oxygen atoms in total. The zero-order chi connectivity index (χ0) is 10.7. The summed E-state index contributed by atoms with van der Waals surface area (Å²) in [6, 6.07) is 0. The number of hydrogen-bond donors (Lipinski definition) is 2. The van der Waals surface area contributed by atoms with E-state index in [1.165, 1.54) is 19.3 Å². The summed E-state index contributed by atoms with van der Waals surface area (Å²) in [5.41, 5.74) is 0.436. The van der Waals surface area contributed by atoms with E-state index in [1.54, 1.807) is 0 Å². The first-order valence-corrected chi connectivity index (χ1v) is 6.41. The van der Waals surface area contributed by atoms with Gasteiger partial charge in [0.25, 0.3) is 0 Å². The Kier molecular flexibility index (Phi) is 3.65. The molecule has 0 saturated carbocycles. The molecule has 0 aliphatic carbocycles. The predicted molar refractivity (Wildman–Crippen MR) is 61.9 cm³/mol. The average Bonchev–Trinajstić information content (AvgIpc) is 2.31. The average molecular weight is 212 g/mol. The van der Waals surface area contributed by atoms with Gasteiger partial charge in [0, 0.05) is 18.6 Å². The number of nitrogens with zero attached hydrogens (tertiary/aromatic N) is 1. The van der Waals surface area contributed by atoms with Crippen molar-refractivity contribution in [2.45, 2.75) is 50.7 Å². The molecule has 2 rings (SSSR count). The Balaban J connectivity index is 1.98. The standard InChI is InChI=1S/C12H24N2O/c1-2-12(5-7-13-8-6-12)14-9-3-11(15)4-10-14/h11,13,15H,2-10H2,1H3. The SMILES string of the molecule is CCC1(N2CCC(O)CC2)CCNCC1. The van der Waals surface area contributed by atoms with Gasteiger partial charge in [-0.3, -0.25) is 4.90 Å². The number of aliphatic hydroxyl groups excluding tert-OH is 1. The van der Waals surface area contributed by atoms with Gasteiger partial charge < -0.3 is 10.4 Å². The molecule has 2 aliphatic rings. The molecule has 0 aromatic heterocycles. The highest BCUT2D eigenvalue weighted by molar-refractivity contribution is 4.95. The third kappa shape index (κ3) is 2.35. The van der Waals surface area contributed by atoms with Gasteiger partial charge >= 0.3 is 0 Å². The molecule has 0 aromatic rings. The van der Waals surface area contributed by atoms with Gasteiger partial charge in [0.15, 0.2) is 0 Å². The van der Waals surface area contributed by atoms with Crippen molar-refractivity contribution in [3.8, 4) is 0 Å². The van der Waals surface area contributed by atoms with Gasteiger partial charge in [-0.15, -0.1) is 0 Å². The van der Waals surface area contributed by atoms with Crippen LogP contribution in [0.15, 0.2) is 0 Å². The molecule has 2 heterocycles. The van der Waals surface area contributed by atoms with Crippen molar-refractivity contribution in [1.82, 2.24) is 10.2 Å². The van der Waals surface area contributed by atoms with Crippen LogP contribution in [0.5, 0.6) is 0 Å². The predicted octanol–water partition coefficient (Wildman–Crippen LogP) is 0.975. The zero-order valence-electron chi connectivity index (χ0n) is 9.84. The van der Waals surface area contributed by atoms with Crippen LogP contribution in [0, 0.1) is 0 Å². The summed E-state index contributed by atoms with van der Waals surface area (Å²) in [7, 11) is 0. The van der Waals surface area contributed by atoms with E-state index in [9.17, 15) is 5.11 Å². The maximum atomic E-state index is 9.54. The molecular formula is C12H24N2O. The number of likely N-dealkylation sites (tertiary alicyclic amines) is 1. The summed E-state index contributed by atoms with van der Waals surface area (Å²) < 4.78 is 0. The molecule has 0 radical (unpaired) electrons. The molecule has 2 N–H and O–H groups in total. The second-order valence-corrected chi connectivity index (χ2v) is 5.05. The Hall–Kier alpha value is -0.120. The lowest BCUT2D eigenvalue weighted by atomic mass is 9.82. The third-order valence-electron chi connectivity index (χ3n) is 4.33. The fourth-order valence-corrected chi connectivity index (χ4v) is 3.13. The van der Waals surface area contributed by atoms with Crippen LogP contribution in [0.4, 0.5) is 0 Å². The first kappa shape index (κ1) is 11.4. The highest BCUT2D eigenvalue weighted by Crippen LogP contribution is 2.32. The highest BCUT2D eigenvalue weighted by Gasteiger charge is 2.37. The topological polar surface area (TPSA) is 35.5 Å². The fraction of sp³-hybridized carbons (Fsp3) is 1.00. The minimum atomic E-state index is -0.0446.